The molecule has 13 heteroatoms. The van der Waals surface area contributed by atoms with E-state index in [-0.39, 0.29) is 42.3 Å². The summed E-state index contributed by atoms with van der Waals surface area (Å²) in [5, 5.41) is 11.2. The molecule has 5 rings (SSSR count). The van der Waals surface area contributed by atoms with Crippen LogP contribution in [0.15, 0.2) is 35.3 Å². The van der Waals surface area contributed by atoms with Crippen LogP contribution in [0, 0.1) is 23.4 Å². The van der Waals surface area contributed by atoms with Crippen molar-refractivity contribution in [2.24, 2.45) is 5.92 Å². The van der Waals surface area contributed by atoms with Crippen molar-refractivity contribution in [3.8, 4) is 5.69 Å². The number of aromatic nitrogens is 2. The number of benzene rings is 1. The molecule has 2 fully saturated rings. The molecule has 7 nitrogen and oxygen atoms in total. The molecular formula is C25H22F6N4O3. The van der Waals surface area contributed by atoms with Gasteiger partial charge in [0.1, 0.15) is 28.9 Å². The van der Waals surface area contributed by atoms with Crippen LogP contribution in [0.4, 0.5) is 32.2 Å². The zero-order chi connectivity index (χ0) is 27.4. The first-order valence-corrected chi connectivity index (χ1v) is 12.0. The molecule has 1 aliphatic heterocycles. The van der Waals surface area contributed by atoms with E-state index in [0.29, 0.717) is 31.3 Å². The van der Waals surface area contributed by atoms with E-state index in [1.54, 1.807) is 4.90 Å². The van der Waals surface area contributed by atoms with E-state index < -0.39 is 58.2 Å². The Bertz CT molecular complexity index is 1450. The highest BCUT2D eigenvalue weighted by molar-refractivity contribution is 5.97. The van der Waals surface area contributed by atoms with Crippen LogP contribution in [0.2, 0.25) is 0 Å². The van der Waals surface area contributed by atoms with E-state index in [1.807, 2.05) is 5.32 Å². The first kappa shape index (κ1) is 26.0. The van der Waals surface area contributed by atoms with Crippen LogP contribution in [-0.4, -0.2) is 52.0 Å². The maximum Gasteiger partial charge on any atom is 0.408 e. The second-order valence-corrected chi connectivity index (χ2v) is 9.50. The fourth-order valence-corrected chi connectivity index (χ4v) is 4.89. The summed E-state index contributed by atoms with van der Waals surface area (Å²) >= 11 is 0. The number of anilines is 1. The molecule has 2 N–H and O–H groups in total. The molecule has 202 valence electrons. The average Bonchev–Trinajstić information content (AvgIpc) is 3.57. The normalized spacial score (nSPS) is 18.7. The van der Waals surface area contributed by atoms with Gasteiger partial charge in [0.05, 0.1) is 18.0 Å². The number of amides is 1. The van der Waals surface area contributed by atoms with Gasteiger partial charge in [-0.3, -0.25) is 14.2 Å². The second-order valence-electron chi connectivity index (χ2n) is 9.50. The van der Waals surface area contributed by atoms with Gasteiger partial charge in [-0.2, -0.15) is 13.2 Å². The smallest absolute Gasteiger partial charge is 0.394 e. The molecule has 0 bridgehead atoms. The molecule has 3 aromatic rings. The molecule has 1 aliphatic carbocycles. The summed E-state index contributed by atoms with van der Waals surface area (Å²) in [5.74, 6) is -5.92. The number of aliphatic hydroxyl groups is 1. The van der Waals surface area contributed by atoms with Crippen LogP contribution in [0.3, 0.4) is 0 Å². The Balaban J connectivity index is 1.70. The van der Waals surface area contributed by atoms with Crippen molar-refractivity contribution in [1.82, 2.24) is 14.9 Å². The Labute approximate surface area is 211 Å². The van der Waals surface area contributed by atoms with Crippen molar-refractivity contribution in [3.63, 3.8) is 0 Å². The van der Waals surface area contributed by atoms with E-state index in [9.17, 15) is 41.0 Å². The minimum atomic E-state index is -4.77. The van der Waals surface area contributed by atoms with Gasteiger partial charge in [0.2, 0.25) is 5.43 Å². The standard InChI is InChI=1S/C25H22F6N4O3/c26-13-8-17(27)20(18(28)9-13)35-10-16(24(38)33-22(12-3-4-12)25(29,30)31)21(37)15-5-6-19(32-23(15)35)34-7-1-2-14(34)11-36/h5-6,8-10,12,14,22,36H,1-4,7,11H2,(H,33,38)/t14-,22+/m1/s1. The maximum absolute atomic E-state index is 14.9. The van der Waals surface area contributed by atoms with E-state index >= 15 is 0 Å². The topological polar surface area (TPSA) is 87.5 Å². The quantitative estimate of drug-likeness (QED) is 0.465. The van der Waals surface area contributed by atoms with Gasteiger partial charge in [-0.1, -0.05) is 0 Å². The highest BCUT2D eigenvalue weighted by Gasteiger charge is 2.50. The Morgan fingerprint density at radius 2 is 1.82 bits per heavy atom. The lowest BCUT2D eigenvalue weighted by Gasteiger charge is -2.25. The maximum atomic E-state index is 14.9. The van der Waals surface area contributed by atoms with Crippen molar-refractivity contribution >= 4 is 22.8 Å². The molecular weight excluding hydrogens is 518 g/mol. The van der Waals surface area contributed by atoms with Crippen molar-refractivity contribution in [3.05, 3.63) is 63.7 Å². The van der Waals surface area contributed by atoms with Crippen molar-refractivity contribution < 1.29 is 36.2 Å². The number of hydrogen-bond donors (Lipinski definition) is 2. The summed E-state index contributed by atoms with van der Waals surface area (Å²) in [5.41, 5.74) is -2.96. The van der Waals surface area contributed by atoms with Gasteiger partial charge in [-0.15, -0.1) is 0 Å². The molecule has 1 aromatic carbocycles. The monoisotopic (exact) mass is 540 g/mol. The number of nitrogens with zero attached hydrogens (tertiary/aromatic N) is 3. The zero-order valence-electron chi connectivity index (χ0n) is 19.7. The predicted molar refractivity (Wildman–Crippen MR) is 125 cm³/mol. The molecule has 2 aliphatic rings. The van der Waals surface area contributed by atoms with Gasteiger partial charge in [-0.05, 0) is 43.7 Å². The van der Waals surface area contributed by atoms with Crippen LogP contribution < -0.4 is 15.6 Å². The summed E-state index contributed by atoms with van der Waals surface area (Å²) < 4.78 is 84.6. The molecule has 1 saturated heterocycles. The summed E-state index contributed by atoms with van der Waals surface area (Å²) in [6.07, 6.45) is -2.17. The minimum absolute atomic E-state index is 0.186. The first-order chi connectivity index (χ1) is 18.0. The molecule has 3 heterocycles. The van der Waals surface area contributed by atoms with Gasteiger partial charge in [0.25, 0.3) is 5.91 Å². The fraction of sp³-hybridized carbons (Fsp3) is 0.400. The molecule has 0 radical (unpaired) electrons. The minimum Gasteiger partial charge on any atom is -0.394 e. The van der Waals surface area contributed by atoms with E-state index in [4.69, 9.17) is 0 Å². The Kier molecular flexibility index (Phi) is 6.58. The first-order valence-electron chi connectivity index (χ1n) is 12.0. The van der Waals surface area contributed by atoms with Crippen LogP contribution in [0.5, 0.6) is 0 Å². The Morgan fingerprint density at radius 3 is 2.42 bits per heavy atom. The number of nitrogens with one attached hydrogen (secondary N) is 1. The summed E-state index contributed by atoms with van der Waals surface area (Å²) in [4.78, 5) is 32.3. The van der Waals surface area contributed by atoms with Crippen molar-refractivity contribution in [2.75, 3.05) is 18.1 Å². The number of alkyl halides is 3. The molecule has 0 unspecified atom stereocenters. The lowest BCUT2D eigenvalue weighted by molar-refractivity contribution is -0.158. The number of aliphatic hydroxyl groups excluding tert-OH is 1. The summed E-state index contributed by atoms with van der Waals surface area (Å²) in [6, 6.07) is 0.975. The Morgan fingerprint density at radius 1 is 1.13 bits per heavy atom. The number of rotatable bonds is 6. The lowest BCUT2D eigenvalue weighted by atomic mass is 10.1. The summed E-state index contributed by atoms with van der Waals surface area (Å²) in [7, 11) is 0. The number of pyridine rings is 2. The van der Waals surface area contributed by atoms with Gasteiger partial charge in [-0.25, -0.2) is 18.2 Å². The number of carbonyl (C=O) groups is 1. The molecule has 2 atom stereocenters. The highest BCUT2D eigenvalue weighted by atomic mass is 19.4. The van der Waals surface area contributed by atoms with Crippen molar-refractivity contribution in [1.29, 1.82) is 0 Å². The molecule has 1 saturated carbocycles. The lowest BCUT2D eigenvalue weighted by Crippen LogP contribution is -2.48. The van der Waals surface area contributed by atoms with Crippen LogP contribution >= 0.6 is 0 Å². The third-order valence-corrected chi connectivity index (χ3v) is 6.92. The largest absolute Gasteiger partial charge is 0.408 e. The zero-order valence-corrected chi connectivity index (χ0v) is 19.7. The van der Waals surface area contributed by atoms with Crippen molar-refractivity contribution in [2.45, 2.75) is 43.9 Å². The van der Waals surface area contributed by atoms with E-state index in [0.717, 1.165) is 11.0 Å². The van der Waals surface area contributed by atoms with Crippen LogP contribution in [0.25, 0.3) is 16.7 Å². The van der Waals surface area contributed by atoms with Gasteiger partial charge in [0.15, 0.2) is 17.3 Å². The molecule has 38 heavy (non-hydrogen) atoms. The third-order valence-electron chi connectivity index (χ3n) is 6.92. The van der Waals surface area contributed by atoms with Crippen LogP contribution in [0.1, 0.15) is 36.0 Å². The average molecular weight is 540 g/mol. The highest BCUT2D eigenvalue weighted by Crippen LogP contribution is 2.40. The van der Waals surface area contributed by atoms with Crippen LogP contribution in [-0.2, 0) is 0 Å². The van der Waals surface area contributed by atoms with Gasteiger partial charge in [0, 0.05) is 24.9 Å². The Hall–Kier alpha value is -3.61. The fourth-order valence-electron chi connectivity index (χ4n) is 4.89. The molecule has 0 spiro atoms. The predicted octanol–water partition coefficient (Wildman–Crippen LogP) is 3.83. The van der Waals surface area contributed by atoms with E-state index in [2.05, 4.69) is 4.98 Å². The third kappa shape index (κ3) is 4.70. The van der Waals surface area contributed by atoms with Gasteiger partial charge < -0.3 is 15.3 Å². The van der Waals surface area contributed by atoms with E-state index in [1.165, 1.54) is 12.1 Å². The molecule has 2 aromatic heterocycles. The van der Waals surface area contributed by atoms with Gasteiger partial charge >= 0.3 is 6.18 Å². The number of carbonyl (C=O) groups excluding carboxylic acids is 1. The number of hydrogen-bond acceptors (Lipinski definition) is 5. The summed E-state index contributed by atoms with van der Waals surface area (Å²) in [6.45, 7) is 0.321. The SMILES string of the molecule is O=C(N[C@@H](C1CC1)C(F)(F)F)c1cn(-c2c(F)cc(F)cc2F)c2nc(N3CCC[C@@H]3CO)ccc2c1=O. The number of halogens is 6. The second kappa shape index (κ2) is 9.61. The molecule has 1 amide bonds. The number of fused-ring (bicyclic) bond motifs is 1.